The summed E-state index contributed by atoms with van der Waals surface area (Å²) in [4.78, 5) is 38.4. The molecule has 0 unspecified atom stereocenters. The van der Waals surface area contributed by atoms with Gasteiger partial charge in [0.25, 0.3) is 0 Å². The predicted octanol–water partition coefficient (Wildman–Crippen LogP) is 4.78. The number of nitrogens with one attached hydrogen (secondary N) is 1. The molecule has 2 aromatic carbocycles. The van der Waals surface area contributed by atoms with E-state index in [-0.39, 0.29) is 24.6 Å². The summed E-state index contributed by atoms with van der Waals surface area (Å²) < 4.78 is 2.66. The SMILES string of the molecule is CCCCC(=O)n1c(C=O)c(CCC(C)C)n(Cc2ccc(-c3ccccc3-c3nn[nH]n3)cc2)c1=O. The van der Waals surface area contributed by atoms with E-state index < -0.39 is 5.69 Å². The first-order chi connectivity index (χ1) is 17.9. The number of hydrogen-bond acceptors (Lipinski definition) is 6. The van der Waals surface area contributed by atoms with Crippen LogP contribution >= 0.6 is 0 Å². The summed E-state index contributed by atoms with van der Waals surface area (Å²) in [7, 11) is 0. The van der Waals surface area contributed by atoms with Gasteiger partial charge in [-0.1, -0.05) is 75.7 Å². The maximum atomic E-state index is 13.4. The van der Waals surface area contributed by atoms with Crippen LogP contribution in [0, 0.1) is 5.92 Å². The topological polar surface area (TPSA) is 116 Å². The van der Waals surface area contributed by atoms with Crippen LogP contribution in [0.15, 0.2) is 53.3 Å². The third-order valence-corrected chi connectivity index (χ3v) is 6.47. The van der Waals surface area contributed by atoms with Crippen molar-refractivity contribution in [3.8, 4) is 22.5 Å². The Morgan fingerprint density at radius 3 is 2.43 bits per heavy atom. The van der Waals surface area contributed by atoms with Crippen molar-refractivity contribution in [2.45, 2.75) is 59.4 Å². The zero-order valence-electron chi connectivity index (χ0n) is 21.5. The van der Waals surface area contributed by atoms with Crippen LogP contribution in [-0.2, 0) is 13.0 Å². The molecule has 0 saturated carbocycles. The number of nitrogens with zero attached hydrogens (tertiary/aromatic N) is 5. The lowest BCUT2D eigenvalue weighted by Gasteiger charge is -2.11. The summed E-state index contributed by atoms with van der Waals surface area (Å²) in [6.45, 7) is 6.45. The van der Waals surface area contributed by atoms with Crippen LogP contribution in [0.3, 0.4) is 0 Å². The standard InChI is InChI=1S/C28H32N6O3/c1-4-5-10-26(36)34-25(18-35)24(16-11-19(2)3)33(28(34)37)17-20-12-14-21(15-13-20)22-8-6-7-9-23(22)27-29-31-32-30-27/h6-9,12-15,18-19H,4-5,10-11,16-17H2,1-3H3,(H,29,30,31,32). The van der Waals surface area contributed by atoms with E-state index in [1.54, 1.807) is 4.57 Å². The molecule has 0 fully saturated rings. The molecular formula is C28H32N6O3. The predicted molar refractivity (Wildman–Crippen MR) is 142 cm³/mol. The Hall–Kier alpha value is -4.14. The Morgan fingerprint density at radius 1 is 1.08 bits per heavy atom. The molecule has 0 saturated heterocycles. The van der Waals surface area contributed by atoms with Gasteiger partial charge < -0.3 is 0 Å². The molecular weight excluding hydrogens is 468 g/mol. The molecule has 2 heterocycles. The third-order valence-electron chi connectivity index (χ3n) is 6.47. The maximum Gasteiger partial charge on any atom is 0.336 e. The van der Waals surface area contributed by atoms with Crippen molar-refractivity contribution in [3.63, 3.8) is 0 Å². The van der Waals surface area contributed by atoms with Crippen molar-refractivity contribution < 1.29 is 9.59 Å². The van der Waals surface area contributed by atoms with Crippen LogP contribution in [0.25, 0.3) is 22.5 Å². The van der Waals surface area contributed by atoms with Gasteiger partial charge in [-0.05, 0) is 47.1 Å². The number of aromatic amines is 1. The average Bonchev–Trinajstić information content (AvgIpc) is 3.53. The minimum atomic E-state index is -0.450. The zero-order valence-corrected chi connectivity index (χ0v) is 21.5. The number of unbranched alkanes of at least 4 members (excludes halogenated alkanes) is 1. The first-order valence-electron chi connectivity index (χ1n) is 12.7. The summed E-state index contributed by atoms with van der Waals surface area (Å²) in [6.07, 6.45) is 3.74. The van der Waals surface area contributed by atoms with Gasteiger partial charge in [-0.2, -0.15) is 5.21 Å². The number of hydrogen-bond donors (Lipinski definition) is 1. The van der Waals surface area contributed by atoms with E-state index in [1.165, 1.54) is 0 Å². The van der Waals surface area contributed by atoms with Crippen molar-refractivity contribution in [1.82, 2.24) is 29.8 Å². The van der Waals surface area contributed by atoms with Gasteiger partial charge in [0.05, 0.1) is 12.2 Å². The van der Waals surface area contributed by atoms with Gasteiger partial charge in [-0.15, -0.1) is 10.2 Å². The number of carbonyl (C=O) groups excluding carboxylic acids is 2. The Balaban J connectivity index is 1.69. The molecule has 9 nitrogen and oxygen atoms in total. The van der Waals surface area contributed by atoms with Crippen molar-refractivity contribution in [3.05, 3.63) is 76.0 Å². The van der Waals surface area contributed by atoms with Crippen LogP contribution in [-0.4, -0.2) is 42.0 Å². The second-order valence-electron chi connectivity index (χ2n) is 9.56. The highest BCUT2D eigenvalue weighted by atomic mass is 16.2. The van der Waals surface area contributed by atoms with E-state index in [0.29, 0.717) is 36.6 Å². The lowest BCUT2D eigenvalue weighted by atomic mass is 9.98. The summed E-state index contributed by atoms with van der Waals surface area (Å²) in [5.74, 6) is 0.573. The lowest BCUT2D eigenvalue weighted by molar-refractivity contribution is 0.0884. The van der Waals surface area contributed by atoms with Gasteiger partial charge in [0, 0.05) is 12.0 Å². The molecule has 0 bridgehead atoms. The number of imidazole rings is 1. The molecule has 0 spiro atoms. The van der Waals surface area contributed by atoms with Gasteiger partial charge in [0.15, 0.2) is 6.29 Å². The first kappa shape index (κ1) is 25.9. The fourth-order valence-corrected chi connectivity index (χ4v) is 4.44. The highest BCUT2D eigenvalue weighted by Gasteiger charge is 2.23. The molecule has 0 radical (unpaired) electrons. The van der Waals surface area contributed by atoms with E-state index in [0.717, 1.165) is 39.7 Å². The van der Waals surface area contributed by atoms with E-state index in [2.05, 4.69) is 34.5 Å². The smallest absolute Gasteiger partial charge is 0.296 e. The molecule has 37 heavy (non-hydrogen) atoms. The Bertz CT molecular complexity index is 1420. The van der Waals surface area contributed by atoms with Crippen LogP contribution in [0.5, 0.6) is 0 Å². The average molecular weight is 501 g/mol. The van der Waals surface area contributed by atoms with Crippen molar-refractivity contribution in [2.24, 2.45) is 5.92 Å². The molecule has 0 atom stereocenters. The van der Waals surface area contributed by atoms with Crippen LogP contribution in [0.4, 0.5) is 0 Å². The zero-order chi connectivity index (χ0) is 26.4. The fraction of sp³-hybridized carbons (Fsp3) is 0.357. The number of H-pyrrole nitrogens is 1. The first-order valence-corrected chi connectivity index (χ1v) is 12.7. The van der Waals surface area contributed by atoms with Crippen LogP contribution in [0.1, 0.15) is 73.0 Å². The molecule has 1 N–H and O–H groups in total. The molecule has 4 aromatic rings. The van der Waals surface area contributed by atoms with Crippen LogP contribution < -0.4 is 5.69 Å². The third kappa shape index (κ3) is 5.66. The van der Waals surface area contributed by atoms with Gasteiger partial charge in [0.1, 0.15) is 5.69 Å². The normalized spacial score (nSPS) is 11.2. The second kappa shape index (κ2) is 11.7. The highest BCUT2D eigenvalue weighted by Crippen LogP contribution is 2.30. The second-order valence-corrected chi connectivity index (χ2v) is 9.56. The Morgan fingerprint density at radius 2 is 1.81 bits per heavy atom. The van der Waals surface area contributed by atoms with Gasteiger partial charge in [0.2, 0.25) is 11.7 Å². The van der Waals surface area contributed by atoms with Crippen molar-refractivity contribution >= 4 is 12.2 Å². The minimum Gasteiger partial charge on any atom is -0.296 e. The Kier molecular flexibility index (Phi) is 8.22. The monoisotopic (exact) mass is 500 g/mol. The van der Waals surface area contributed by atoms with Gasteiger partial charge in [-0.25, -0.2) is 9.36 Å². The van der Waals surface area contributed by atoms with Crippen molar-refractivity contribution in [1.29, 1.82) is 0 Å². The molecule has 0 aliphatic rings. The summed E-state index contributed by atoms with van der Waals surface area (Å²) in [5.41, 5.74) is 4.02. The molecule has 4 rings (SSSR count). The maximum absolute atomic E-state index is 13.4. The number of aromatic nitrogens is 6. The molecule has 0 amide bonds. The minimum absolute atomic E-state index is 0.178. The number of benzene rings is 2. The van der Waals surface area contributed by atoms with Crippen molar-refractivity contribution in [2.75, 3.05) is 0 Å². The quantitative estimate of drug-likeness (QED) is 0.296. The van der Waals surface area contributed by atoms with E-state index in [1.807, 2.05) is 55.5 Å². The summed E-state index contributed by atoms with van der Waals surface area (Å²) in [6, 6.07) is 15.7. The number of rotatable bonds is 11. The number of carbonyl (C=O) groups is 2. The number of tetrazole rings is 1. The van der Waals surface area contributed by atoms with E-state index in [9.17, 15) is 14.4 Å². The molecule has 2 aromatic heterocycles. The molecule has 0 aliphatic carbocycles. The van der Waals surface area contributed by atoms with E-state index in [4.69, 9.17) is 0 Å². The lowest BCUT2D eigenvalue weighted by Crippen LogP contribution is -2.30. The fourth-order valence-electron chi connectivity index (χ4n) is 4.44. The number of aldehydes is 1. The largest absolute Gasteiger partial charge is 0.336 e. The molecule has 192 valence electrons. The Labute approximate surface area is 215 Å². The van der Waals surface area contributed by atoms with E-state index >= 15 is 0 Å². The molecule has 9 heteroatoms. The summed E-state index contributed by atoms with van der Waals surface area (Å²) in [5, 5.41) is 14.4. The van der Waals surface area contributed by atoms with Gasteiger partial charge in [-0.3, -0.25) is 14.2 Å². The van der Waals surface area contributed by atoms with Gasteiger partial charge >= 0.3 is 5.69 Å². The summed E-state index contributed by atoms with van der Waals surface area (Å²) >= 11 is 0. The van der Waals surface area contributed by atoms with Crippen LogP contribution in [0.2, 0.25) is 0 Å². The molecule has 0 aliphatic heterocycles. The highest BCUT2D eigenvalue weighted by molar-refractivity contribution is 5.87.